The van der Waals surface area contributed by atoms with Crippen molar-refractivity contribution in [3.8, 4) is 0 Å². The van der Waals surface area contributed by atoms with Crippen molar-refractivity contribution in [2.75, 3.05) is 17.7 Å². The van der Waals surface area contributed by atoms with Crippen LogP contribution in [0.3, 0.4) is 0 Å². The van der Waals surface area contributed by atoms with E-state index in [1.165, 1.54) is 25.7 Å². The van der Waals surface area contributed by atoms with E-state index in [0.717, 1.165) is 29.0 Å². The van der Waals surface area contributed by atoms with Crippen LogP contribution in [0.2, 0.25) is 0 Å². The summed E-state index contributed by atoms with van der Waals surface area (Å²) in [5.41, 5.74) is 0.236. The standard InChI is InChI=1S/C15H18ClN3/c16-10-15(7-3-4-8-15)11-17-14-13-6-2-1-5-12(13)9-18-19-14/h1-2,5-6,9H,3-4,7-8,10-11H2,(H,17,19). The number of fused-ring (bicyclic) bond motifs is 1. The average molecular weight is 276 g/mol. The zero-order chi connectivity index (χ0) is 13.1. The van der Waals surface area contributed by atoms with E-state index < -0.39 is 0 Å². The molecule has 0 bridgehead atoms. The summed E-state index contributed by atoms with van der Waals surface area (Å²) in [6.07, 6.45) is 6.79. The van der Waals surface area contributed by atoms with Gasteiger partial charge in [0.15, 0.2) is 5.82 Å². The van der Waals surface area contributed by atoms with Gasteiger partial charge in [0, 0.05) is 28.6 Å². The van der Waals surface area contributed by atoms with Crippen molar-refractivity contribution in [1.29, 1.82) is 0 Å². The Morgan fingerprint density at radius 3 is 2.79 bits per heavy atom. The Morgan fingerprint density at radius 1 is 1.21 bits per heavy atom. The lowest BCUT2D eigenvalue weighted by Crippen LogP contribution is -2.28. The number of halogens is 1. The highest BCUT2D eigenvalue weighted by atomic mass is 35.5. The molecular weight excluding hydrogens is 258 g/mol. The van der Waals surface area contributed by atoms with Crippen LogP contribution in [-0.2, 0) is 0 Å². The summed E-state index contributed by atoms with van der Waals surface area (Å²) in [6.45, 7) is 0.888. The fourth-order valence-electron chi connectivity index (χ4n) is 2.91. The number of benzene rings is 1. The van der Waals surface area contributed by atoms with Gasteiger partial charge in [-0.3, -0.25) is 0 Å². The first kappa shape index (κ1) is 12.7. The Labute approximate surface area is 118 Å². The van der Waals surface area contributed by atoms with Gasteiger partial charge in [0.2, 0.25) is 0 Å². The van der Waals surface area contributed by atoms with Gasteiger partial charge in [-0.1, -0.05) is 37.1 Å². The molecule has 0 radical (unpaired) electrons. The minimum Gasteiger partial charge on any atom is -0.367 e. The quantitative estimate of drug-likeness (QED) is 0.862. The molecule has 1 N–H and O–H groups in total. The van der Waals surface area contributed by atoms with Crippen LogP contribution >= 0.6 is 11.6 Å². The SMILES string of the molecule is ClCC1(CNc2nncc3ccccc23)CCCC1. The van der Waals surface area contributed by atoms with Crippen molar-refractivity contribution in [3.63, 3.8) is 0 Å². The van der Waals surface area contributed by atoms with Crippen LogP contribution in [0.15, 0.2) is 30.5 Å². The summed E-state index contributed by atoms with van der Waals surface area (Å²) in [5, 5.41) is 14.0. The molecule has 4 heteroatoms. The highest BCUT2D eigenvalue weighted by Gasteiger charge is 2.32. The van der Waals surface area contributed by atoms with Crippen molar-refractivity contribution >= 4 is 28.2 Å². The fourth-order valence-corrected chi connectivity index (χ4v) is 3.27. The molecule has 100 valence electrons. The molecule has 1 aromatic heterocycles. The average Bonchev–Trinajstić information content (AvgIpc) is 2.94. The summed E-state index contributed by atoms with van der Waals surface area (Å²) >= 11 is 6.17. The lowest BCUT2D eigenvalue weighted by atomic mass is 9.88. The Bertz CT molecular complexity index is 559. The van der Waals surface area contributed by atoms with E-state index in [0.29, 0.717) is 0 Å². The van der Waals surface area contributed by atoms with Crippen LogP contribution < -0.4 is 5.32 Å². The molecule has 1 fully saturated rings. The molecule has 2 aromatic rings. The number of rotatable bonds is 4. The predicted molar refractivity (Wildman–Crippen MR) is 79.6 cm³/mol. The number of nitrogens with zero attached hydrogens (tertiary/aromatic N) is 2. The Hall–Kier alpha value is -1.35. The van der Waals surface area contributed by atoms with Gasteiger partial charge in [-0.25, -0.2) is 0 Å². The van der Waals surface area contributed by atoms with Crippen molar-refractivity contribution in [2.45, 2.75) is 25.7 Å². The van der Waals surface area contributed by atoms with Gasteiger partial charge in [0.25, 0.3) is 0 Å². The lowest BCUT2D eigenvalue weighted by molar-refractivity contribution is 0.368. The minimum atomic E-state index is 0.236. The zero-order valence-electron chi connectivity index (χ0n) is 10.9. The second-order valence-corrected chi connectivity index (χ2v) is 5.74. The molecule has 3 rings (SSSR count). The van der Waals surface area contributed by atoms with Crippen LogP contribution in [-0.4, -0.2) is 22.6 Å². The van der Waals surface area contributed by atoms with E-state index in [-0.39, 0.29) is 5.41 Å². The van der Waals surface area contributed by atoms with E-state index in [2.05, 4.69) is 27.6 Å². The first-order chi connectivity index (χ1) is 9.33. The van der Waals surface area contributed by atoms with E-state index in [4.69, 9.17) is 11.6 Å². The van der Waals surface area contributed by atoms with Gasteiger partial charge >= 0.3 is 0 Å². The van der Waals surface area contributed by atoms with E-state index >= 15 is 0 Å². The van der Waals surface area contributed by atoms with Crippen LogP contribution in [0, 0.1) is 5.41 Å². The lowest BCUT2D eigenvalue weighted by Gasteiger charge is -2.26. The van der Waals surface area contributed by atoms with Gasteiger partial charge in [-0.2, -0.15) is 5.10 Å². The van der Waals surface area contributed by atoms with E-state index in [1.807, 2.05) is 12.1 Å². The summed E-state index contributed by atoms with van der Waals surface area (Å²) in [4.78, 5) is 0. The molecule has 1 heterocycles. The number of aromatic nitrogens is 2. The third-order valence-corrected chi connectivity index (χ3v) is 4.72. The number of hydrogen-bond acceptors (Lipinski definition) is 3. The topological polar surface area (TPSA) is 37.8 Å². The van der Waals surface area contributed by atoms with Crippen molar-refractivity contribution in [1.82, 2.24) is 10.2 Å². The van der Waals surface area contributed by atoms with Crippen molar-refractivity contribution < 1.29 is 0 Å². The Balaban J connectivity index is 1.82. The molecule has 0 spiro atoms. The zero-order valence-corrected chi connectivity index (χ0v) is 11.7. The van der Waals surface area contributed by atoms with Crippen LogP contribution in [0.25, 0.3) is 10.8 Å². The normalized spacial score (nSPS) is 17.7. The second-order valence-electron chi connectivity index (χ2n) is 5.47. The summed E-state index contributed by atoms with van der Waals surface area (Å²) < 4.78 is 0. The highest BCUT2D eigenvalue weighted by Crippen LogP contribution is 2.39. The van der Waals surface area contributed by atoms with E-state index in [9.17, 15) is 0 Å². The van der Waals surface area contributed by atoms with Crippen LogP contribution in [0.5, 0.6) is 0 Å². The number of alkyl halides is 1. The number of hydrogen-bond donors (Lipinski definition) is 1. The summed E-state index contributed by atoms with van der Waals surface area (Å²) in [6, 6.07) is 8.18. The molecule has 19 heavy (non-hydrogen) atoms. The van der Waals surface area contributed by atoms with Gasteiger partial charge in [0.1, 0.15) is 0 Å². The molecule has 1 saturated carbocycles. The molecule has 1 aliphatic carbocycles. The van der Waals surface area contributed by atoms with E-state index in [1.54, 1.807) is 6.20 Å². The molecule has 0 saturated heterocycles. The molecular formula is C15H18ClN3. The Kier molecular flexibility index (Phi) is 3.56. The van der Waals surface area contributed by atoms with Crippen molar-refractivity contribution in [3.05, 3.63) is 30.5 Å². The second kappa shape index (κ2) is 5.33. The number of nitrogens with one attached hydrogen (secondary N) is 1. The van der Waals surface area contributed by atoms with Crippen molar-refractivity contribution in [2.24, 2.45) is 5.41 Å². The summed E-state index contributed by atoms with van der Waals surface area (Å²) in [7, 11) is 0. The third-order valence-electron chi connectivity index (χ3n) is 4.15. The largest absolute Gasteiger partial charge is 0.367 e. The predicted octanol–water partition coefficient (Wildman–Crippen LogP) is 3.84. The van der Waals surface area contributed by atoms with Gasteiger partial charge in [-0.05, 0) is 12.8 Å². The van der Waals surface area contributed by atoms with Gasteiger partial charge in [0.05, 0.1) is 6.20 Å². The maximum Gasteiger partial charge on any atom is 0.156 e. The monoisotopic (exact) mass is 275 g/mol. The van der Waals surface area contributed by atoms with Gasteiger partial charge < -0.3 is 5.32 Å². The first-order valence-corrected chi connectivity index (χ1v) is 7.37. The molecule has 1 aliphatic rings. The summed E-state index contributed by atoms with van der Waals surface area (Å²) in [5.74, 6) is 1.59. The van der Waals surface area contributed by atoms with Crippen LogP contribution in [0.1, 0.15) is 25.7 Å². The first-order valence-electron chi connectivity index (χ1n) is 6.83. The van der Waals surface area contributed by atoms with Gasteiger partial charge in [-0.15, -0.1) is 16.7 Å². The molecule has 1 aromatic carbocycles. The minimum absolute atomic E-state index is 0.236. The molecule has 0 atom stereocenters. The Morgan fingerprint density at radius 2 is 2.00 bits per heavy atom. The molecule has 0 unspecified atom stereocenters. The highest BCUT2D eigenvalue weighted by molar-refractivity contribution is 6.18. The smallest absolute Gasteiger partial charge is 0.156 e. The maximum atomic E-state index is 6.17. The molecule has 3 nitrogen and oxygen atoms in total. The van der Waals surface area contributed by atoms with Crippen LogP contribution in [0.4, 0.5) is 5.82 Å². The third kappa shape index (κ3) is 2.52. The number of anilines is 1. The maximum absolute atomic E-state index is 6.17. The molecule has 0 amide bonds. The fraction of sp³-hybridized carbons (Fsp3) is 0.467. The molecule has 0 aliphatic heterocycles.